The molecule has 10 nitrogen and oxygen atoms in total. The number of morpholine rings is 1. The molecule has 35 heavy (non-hydrogen) atoms. The van der Waals surface area contributed by atoms with Crippen LogP contribution < -0.4 is 9.64 Å². The van der Waals surface area contributed by atoms with Crippen molar-refractivity contribution < 1.29 is 27.8 Å². The maximum absolute atomic E-state index is 14.0. The molecule has 1 aromatic carbocycles. The number of benzene rings is 1. The minimum absolute atomic E-state index is 0.00413. The van der Waals surface area contributed by atoms with Gasteiger partial charge in [-0.2, -0.15) is 9.97 Å². The number of likely N-dealkylation sites (tertiary alicyclic amines) is 1. The minimum atomic E-state index is -2.80. The van der Waals surface area contributed by atoms with Crippen molar-refractivity contribution in [2.75, 3.05) is 58.0 Å². The molecule has 0 bridgehead atoms. The quantitative estimate of drug-likeness (QED) is 0.477. The molecular weight excluding hydrogens is 462 g/mol. The fraction of sp³-hybridized carbons (Fsp3) is 0.478. The third-order valence-corrected chi connectivity index (χ3v) is 5.99. The van der Waals surface area contributed by atoms with Crippen LogP contribution in [-0.2, 0) is 14.3 Å². The molecule has 3 aromatic rings. The number of rotatable bonds is 8. The number of nitrogens with zero attached hydrogens (tertiary/aromatic N) is 6. The number of alkyl halides is 2. The zero-order valence-electron chi connectivity index (χ0n) is 19.3. The van der Waals surface area contributed by atoms with Crippen LogP contribution in [0.5, 0.6) is 5.88 Å². The largest absolute Gasteiger partial charge is 0.470 e. The van der Waals surface area contributed by atoms with Gasteiger partial charge in [-0.1, -0.05) is 12.1 Å². The van der Waals surface area contributed by atoms with E-state index in [1.165, 1.54) is 4.57 Å². The number of hydrogen-bond donors (Lipinski definition) is 0. The second kappa shape index (κ2) is 10.1. The second-order valence-corrected chi connectivity index (χ2v) is 8.34. The normalized spacial score (nSPS) is 16.7. The Balaban J connectivity index is 1.46. The number of carbonyl (C=O) groups is 1. The molecule has 0 radical (unpaired) electrons. The standard InChI is InChI=1S/C23H26F2N6O4/c1-33-9-6-20(32)30-13-15(14-30)35-19-12-18(27-23(28-19)29-7-10-34-11-8-29)31-17-5-3-2-4-16(17)26-22(31)21(24)25/h2-5,12,15,21H,6-11,13-14H2,1H3. The minimum Gasteiger partial charge on any atom is -0.470 e. The number of hydrogen-bond acceptors (Lipinski definition) is 8. The van der Waals surface area contributed by atoms with E-state index in [1.807, 2.05) is 4.90 Å². The number of fused-ring (bicyclic) bond motifs is 1. The molecule has 0 atom stereocenters. The number of aromatic nitrogens is 4. The highest BCUT2D eigenvalue weighted by atomic mass is 19.3. The van der Waals surface area contributed by atoms with Gasteiger partial charge in [0.15, 0.2) is 5.82 Å². The van der Waals surface area contributed by atoms with Gasteiger partial charge in [0, 0.05) is 26.3 Å². The Bertz CT molecular complexity index is 1190. The third-order valence-electron chi connectivity index (χ3n) is 5.99. The first-order chi connectivity index (χ1) is 17.0. The molecule has 2 saturated heterocycles. The van der Waals surface area contributed by atoms with Gasteiger partial charge in [-0.15, -0.1) is 0 Å². The first kappa shape index (κ1) is 23.4. The van der Waals surface area contributed by atoms with Crippen LogP contribution in [0.1, 0.15) is 18.7 Å². The number of ether oxygens (including phenoxy) is 3. The van der Waals surface area contributed by atoms with Crippen molar-refractivity contribution >= 4 is 22.9 Å². The Morgan fingerprint density at radius 2 is 1.94 bits per heavy atom. The molecule has 0 N–H and O–H groups in total. The van der Waals surface area contributed by atoms with Crippen LogP contribution in [-0.4, -0.2) is 89.5 Å². The summed E-state index contributed by atoms with van der Waals surface area (Å²) >= 11 is 0. The number of anilines is 1. The van der Waals surface area contributed by atoms with Crippen LogP contribution in [0, 0.1) is 0 Å². The lowest BCUT2D eigenvalue weighted by molar-refractivity contribution is -0.141. The number of halogens is 2. The fourth-order valence-electron chi connectivity index (χ4n) is 4.15. The van der Waals surface area contributed by atoms with Crippen molar-refractivity contribution in [1.82, 2.24) is 24.4 Å². The lowest BCUT2D eigenvalue weighted by Gasteiger charge is -2.38. The van der Waals surface area contributed by atoms with E-state index in [0.717, 1.165) is 0 Å². The van der Waals surface area contributed by atoms with Crippen molar-refractivity contribution in [1.29, 1.82) is 0 Å². The van der Waals surface area contributed by atoms with Crippen molar-refractivity contribution in [3.63, 3.8) is 0 Å². The summed E-state index contributed by atoms with van der Waals surface area (Å²) in [6.45, 7) is 3.38. The van der Waals surface area contributed by atoms with Gasteiger partial charge in [0.1, 0.15) is 11.9 Å². The number of imidazole rings is 1. The summed E-state index contributed by atoms with van der Waals surface area (Å²) in [4.78, 5) is 29.1. The summed E-state index contributed by atoms with van der Waals surface area (Å²) in [5, 5.41) is 0. The topological polar surface area (TPSA) is 94.8 Å². The average molecular weight is 488 g/mol. The molecule has 4 heterocycles. The van der Waals surface area contributed by atoms with Gasteiger partial charge >= 0.3 is 0 Å². The maximum Gasteiger partial charge on any atom is 0.296 e. The van der Waals surface area contributed by atoms with Gasteiger partial charge < -0.3 is 24.0 Å². The predicted octanol–water partition coefficient (Wildman–Crippen LogP) is 2.22. The van der Waals surface area contributed by atoms with Crippen LogP contribution >= 0.6 is 0 Å². The Morgan fingerprint density at radius 1 is 1.17 bits per heavy atom. The van der Waals surface area contributed by atoms with Gasteiger partial charge in [0.25, 0.3) is 6.43 Å². The van der Waals surface area contributed by atoms with E-state index in [0.29, 0.717) is 69.4 Å². The van der Waals surface area contributed by atoms with Crippen molar-refractivity contribution in [2.24, 2.45) is 0 Å². The highest BCUT2D eigenvalue weighted by molar-refractivity contribution is 5.78. The molecule has 12 heteroatoms. The zero-order valence-corrected chi connectivity index (χ0v) is 19.3. The SMILES string of the molecule is COCCC(=O)N1CC(Oc2cc(-n3c(C(F)F)nc4ccccc43)nc(N3CCOCC3)n2)C1. The number of para-hydroxylation sites is 2. The van der Waals surface area contributed by atoms with E-state index in [2.05, 4.69) is 15.0 Å². The molecule has 0 saturated carbocycles. The van der Waals surface area contributed by atoms with Crippen LogP contribution in [0.15, 0.2) is 30.3 Å². The van der Waals surface area contributed by atoms with Crippen molar-refractivity contribution in [3.05, 3.63) is 36.2 Å². The molecule has 1 amide bonds. The molecule has 2 aliphatic rings. The lowest BCUT2D eigenvalue weighted by Crippen LogP contribution is -2.56. The summed E-state index contributed by atoms with van der Waals surface area (Å²) in [6, 6.07) is 8.46. The third kappa shape index (κ3) is 4.89. The number of carbonyl (C=O) groups excluding carboxylic acids is 1. The maximum atomic E-state index is 14.0. The van der Waals surface area contributed by atoms with E-state index in [9.17, 15) is 13.6 Å². The van der Waals surface area contributed by atoms with Gasteiger partial charge in [-0.05, 0) is 12.1 Å². The van der Waals surface area contributed by atoms with Gasteiger partial charge in [0.2, 0.25) is 17.7 Å². The first-order valence-corrected chi connectivity index (χ1v) is 11.4. The summed E-state index contributed by atoms with van der Waals surface area (Å²) < 4.78 is 45.7. The highest BCUT2D eigenvalue weighted by Crippen LogP contribution is 2.30. The molecule has 2 aromatic heterocycles. The van der Waals surface area contributed by atoms with E-state index in [-0.39, 0.29) is 23.7 Å². The fourth-order valence-corrected chi connectivity index (χ4v) is 4.15. The molecule has 0 spiro atoms. The van der Waals surface area contributed by atoms with Crippen molar-refractivity contribution in [3.8, 4) is 11.7 Å². The number of methoxy groups -OCH3 is 1. The first-order valence-electron chi connectivity index (χ1n) is 11.4. The Labute approximate surface area is 200 Å². The predicted molar refractivity (Wildman–Crippen MR) is 122 cm³/mol. The summed E-state index contributed by atoms with van der Waals surface area (Å²) in [6.07, 6.45) is -2.74. The van der Waals surface area contributed by atoms with E-state index in [4.69, 9.17) is 14.2 Å². The highest BCUT2D eigenvalue weighted by Gasteiger charge is 2.33. The van der Waals surface area contributed by atoms with Gasteiger partial charge in [-0.25, -0.2) is 13.8 Å². The summed E-state index contributed by atoms with van der Waals surface area (Å²) in [7, 11) is 1.55. The van der Waals surface area contributed by atoms with Crippen LogP contribution in [0.3, 0.4) is 0 Å². The van der Waals surface area contributed by atoms with Crippen LogP contribution in [0.4, 0.5) is 14.7 Å². The van der Waals surface area contributed by atoms with Gasteiger partial charge in [-0.3, -0.25) is 9.36 Å². The van der Waals surface area contributed by atoms with Crippen molar-refractivity contribution in [2.45, 2.75) is 19.0 Å². The van der Waals surface area contributed by atoms with Crippen LogP contribution in [0.25, 0.3) is 16.9 Å². The molecule has 186 valence electrons. The molecule has 2 aliphatic heterocycles. The lowest BCUT2D eigenvalue weighted by atomic mass is 10.1. The zero-order chi connectivity index (χ0) is 24.4. The molecule has 5 rings (SSSR count). The second-order valence-electron chi connectivity index (χ2n) is 8.34. The number of amides is 1. The average Bonchev–Trinajstić information content (AvgIpc) is 3.25. The molecule has 2 fully saturated rings. The monoisotopic (exact) mass is 488 g/mol. The molecule has 0 aliphatic carbocycles. The molecular formula is C23H26F2N6O4. The summed E-state index contributed by atoms with van der Waals surface area (Å²) in [5.41, 5.74) is 0.958. The van der Waals surface area contributed by atoms with E-state index < -0.39 is 12.2 Å². The Kier molecular flexibility index (Phi) is 6.73. The van der Waals surface area contributed by atoms with E-state index in [1.54, 1.807) is 42.3 Å². The Morgan fingerprint density at radius 3 is 2.69 bits per heavy atom. The smallest absolute Gasteiger partial charge is 0.296 e. The van der Waals surface area contributed by atoms with Crippen LogP contribution in [0.2, 0.25) is 0 Å². The Hall–Kier alpha value is -3.38. The van der Waals surface area contributed by atoms with E-state index >= 15 is 0 Å². The molecule has 0 unspecified atom stereocenters. The van der Waals surface area contributed by atoms with Gasteiger partial charge in [0.05, 0.1) is 50.4 Å². The summed E-state index contributed by atoms with van der Waals surface area (Å²) in [5.74, 6) is 0.459.